The molecule has 1 atom stereocenters. The van der Waals surface area contributed by atoms with E-state index < -0.39 is 0 Å². The highest BCUT2D eigenvalue weighted by molar-refractivity contribution is 6.15. The summed E-state index contributed by atoms with van der Waals surface area (Å²) in [6.07, 6.45) is 0. The van der Waals surface area contributed by atoms with E-state index in [9.17, 15) is 0 Å². The molecule has 1 aliphatic rings. The van der Waals surface area contributed by atoms with Crippen LogP contribution in [0.2, 0.25) is 0 Å². The molecule has 0 aliphatic heterocycles. The Morgan fingerprint density at radius 3 is 1.77 bits per heavy atom. The quantitative estimate of drug-likeness (QED) is 0.165. The first kappa shape index (κ1) is 34.0. The number of rotatable bonds is 5. The van der Waals surface area contributed by atoms with Crippen LogP contribution in [0.4, 0.5) is 0 Å². The largest absolute Gasteiger partial charge is 0.309 e. The predicted molar refractivity (Wildman–Crippen MR) is 256 cm³/mol. The number of aromatic nitrogens is 2. The lowest BCUT2D eigenvalue weighted by atomic mass is 9.88. The van der Waals surface area contributed by atoms with Crippen LogP contribution in [0, 0.1) is 0 Å². The molecule has 2 heteroatoms. The topological polar surface area (TPSA) is 9.86 Å². The van der Waals surface area contributed by atoms with Gasteiger partial charge in [0.15, 0.2) is 0 Å². The van der Waals surface area contributed by atoms with E-state index in [1.165, 1.54) is 110 Å². The summed E-state index contributed by atoms with van der Waals surface area (Å²) in [7, 11) is 0. The van der Waals surface area contributed by atoms with Crippen LogP contribution >= 0.6 is 0 Å². The third-order valence-electron chi connectivity index (χ3n) is 13.2. The number of hydrogen-bond acceptors (Lipinski definition) is 0. The van der Waals surface area contributed by atoms with Gasteiger partial charge in [-0.05, 0) is 115 Å². The molecule has 2 nitrogen and oxygen atoms in total. The lowest BCUT2D eigenvalue weighted by Crippen LogP contribution is -2.03. The molecule has 12 aromatic rings. The van der Waals surface area contributed by atoms with Crippen molar-refractivity contribution in [3.63, 3.8) is 0 Å². The minimum absolute atomic E-state index is 0.118. The van der Waals surface area contributed by atoms with Gasteiger partial charge in [0.25, 0.3) is 0 Å². The van der Waals surface area contributed by atoms with Gasteiger partial charge in [-0.15, -0.1) is 0 Å². The Bertz CT molecular complexity index is 3700. The average molecular weight is 775 g/mol. The van der Waals surface area contributed by atoms with Gasteiger partial charge in [-0.1, -0.05) is 170 Å². The standard InChI is InChI=1S/C59H38N2/c1-3-14-38(15-4-1)42-20-13-21-45(34-42)60-54-25-12-11-23-48(54)52-36-43(27-32-55(52)60)44-28-33-56-53(37-44)51-31-30-50-47-22-9-10-24-49(47)57(40-17-5-2-6-18-40)58(50)59(51)61(56)46-29-26-39-16-7-8-19-41(39)35-46/h1-37,57H. The first-order valence-corrected chi connectivity index (χ1v) is 21.2. The molecule has 0 N–H and O–H groups in total. The molecule has 0 bridgehead atoms. The molecule has 0 fully saturated rings. The Balaban J connectivity index is 1.04. The van der Waals surface area contributed by atoms with Crippen molar-refractivity contribution in [1.82, 2.24) is 9.13 Å². The number of benzene rings is 10. The van der Waals surface area contributed by atoms with Gasteiger partial charge in [-0.25, -0.2) is 0 Å². The fraction of sp³-hybridized carbons (Fsp3) is 0.0169. The number of para-hydroxylation sites is 1. The lowest BCUT2D eigenvalue weighted by Gasteiger charge is -2.18. The predicted octanol–water partition coefficient (Wildman–Crippen LogP) is 15.5. The molecule has 0 spiro atoms. The zero-order valence-corrected chi connectivity index (χ0v) is 33.3. The van der Waals surface area contributed by atoms with Gasteiger partial charge >= 0.3 is 0 Å². The zero-order valence-electron chi connectivity index (χ0n) is 33.3. The average Bonchev–Trinajstić information content (AvgIpc) is 3.97. The van der Waals surface area contributed by atoms with Crippen LogP contribution in [0.5, 0.6) is 0 Å². The monoisotopic (exact) mass is 774 g/mol. The highest BCUT2D eigenvalue weighted by atomic mass is 15.0. The summed E-state index contributed by atoms with van der Waals surface area (Å²) < 4.78 is 4.96. The molecule has 0 amide bonds. The molecule has 1 unspecified atom stereocenters. The van der Waals surface area contributed by atoms with E-state index in [2.05, 4.69) is 234 Å². The molecule has 13 rings (SSSR count). The first-order valence-electron chi connectivity index (χ1n) is 21.2. The molecule has 61 heavy (non-hydrogen) atoms. The fourth-order valence-corrected chi connectivity index (χ4v) is 10.5. The summed E-state index contributed by atoms with van der Waals surface area (Å²) in [4.78, 5) is 0. The molecular weight excluding hydrogens is 737 g/mol. The summed E-state index contributed by atoms with van der Waals surface area (Å²) in [5, 5.41) is 7.51. The van der Waals surface area contributed by atoms with E-state index in [1.807, 2.05) is 0 Å². The van der Waals surface area contributed by atoms with Gasteiger partial charge < -0.3 is 9.13 Å². The van der Waals surface area contributed by atoms with E-state index in [-0.39, 0.29) is 5.92 Å². The summed E-state index contributed by atoms with van der Waals surface area (Å²) in [6.45, 7) is 0. The summed E-state index contributed by atoms with van der Waals surface area (Å²) in [6, 6.07) is 83.0. The first-order chi connectivity index (χ1) is 30.3. The Morgan fingerprint density at radius 2 is 0.934 bits per heavy atom. The molecule has 0 saturated carbocycles. The van der Waals surface area contributed by atoms with Crippen LogP contribution in [0.1, 0.15) is 22.6 Å². The Kier molecular flexibility index (Phi) is 7.40. The second-order valence-electron chi connectivity index (χ2n) is 16.5. The van der Waals surface area contributed by atoms with Gasteiger partial charge in [-0.2, -0.15) is 0 Å². The minimum atomic E-state index is 0.118. The van der Waals surface area contributed by atoms with Crippen LogP contribution in [0.15, 0.2) is 224 Å². The Hall–Kier alpha value is -7.94. The smallest absolute Gasteiger partial charge is 0.0588 e. The molecule has 10 aromatic carbocycles. The van der Waals surface area contributed by atoms with Gasteiger partial charge in [0.1, 0.15) is 0 Å². The second kappa shape index (κ2) is 13.3. The lowest BCUT2D eigenvalue weighted by molar-refractivity contribution is 1.01. The van der Waals surface area contributed by atoms with E-state index >= 15 is 0 Å². The maximum atomic E-state index is 2.54. The van der Waals surface area contributed by atoms with Crippen molar-refractivity contribution in [3.8, 4) is 44.8 Å². The number of fused-ring (bicyclic) bond motifs is 11. The summed E-state index contributed by atoms with van der Waals surface area (Å²) in [5.41, 5.74) is 18.8. The van der Waals surface area contributed by atoms with E-state index in [0.717, 1.165) is 5.69 Å². The SMILES string of the molecule is c1ccc(-c2cccc(-n3c4ccccc4c4cc(-c5ccc6c(c5)c5ccc7c(c5n6-c5ccc6ccccc6c5)C(c5ccccc5)c5ccccc5-7)ccc43)c2)cc1. The molecular formula is C59H38N2. The molecule has 2 aromatic heterocycles. The molecule has 0 saturated heterocycles. The van der Waals surface area contributed by atoms with Crippen molar-refractivity contribution in [2.24, 2.45) is 0 Å². The molecule has 2 heterocycles. The third kappa shape index (κ3) is 5.16. The van der Waals surface area contributed by atoms with Gasteiger partial charge in [0.05, 0.1) is 22.1 Å². The van der Waals surface area contributed by atoms with Gasteiger partial charge in [-0.3, -0.25) is 0 Å². The van der Waals surface area contributed by atoms with Crippen LogP contribution in [0.3, 0.4) is 0 Å². The zero-order chi connectivity index (χ0) is 40.0. The van der Waals surface area contributed by atoms with Crippen molar-refractivity contribution in [1.29, 1.82) is 0 Å². The van der Waals surface area contributed by atoms with Crippen molar-refractivity contribution in [2.45, 2.75) is 5.92 Å². The molecule has 284 valence electrons. The van der Waals surface area contributed by atoms with E-state index in [0.29, 0.717) is 0 Å². The van der Waals surface area contributed by atoms with Crippen LogP contribution in [-0.4, -0.2) is 9.13 Å². The normalized spacial score (nSPS) is 13.4. The van der Waals surface area contributed by atoms with Crippen molar-refractivity contribution in [2.75, 3.05) is 0 Å². The van der Waals surface area contributed by atoms with Crippen molar-refractivity contribution >= 4 is 54.4 Å². The van der Waals surface area contributed by atoms with E-state index in [4.69, 9.17) is 0 Å². The highest BCUT2D eigenvalue weighted by Crippen LogP contribution is 2.53. The van der Waals surface area contributed by atoms with Gasteiger partial charge in [0, 0.05) is 38.8 Å². The Labute approximate surface area is 353 Å². The minimum Gasteiger partial charge on any atom is -0.309 e. The van der Waals surface area contributed by atoms with Crippen molar-refractivity contribution in [3.05, 3.63) is 241 Å². The third-order valence-corrected chi connectivity index (χ3v) is 13.2. The van der Waals surface area contributed by atoms with Crippen molar-refractivity contribution < 1.29 is 0 Å². The number of nitrogens with zero attached hydrogens (tertiary/aromatic N) is 2. The fourth-order valence-electron chi connectivity index (χ4n) is 10.5. The van der Waals surface area contributed by atoms with Crippen LogP contribution in [-0.2, 0) is 0 Å². The molecule has 1 aliphatic carbocycles. The maximum absolute atomic E-state index is 2.54. The summed E-state index contributed by atoms with van der Waals surface area (Å²) >= 11 is 0. The summed E-state index contributed by atoms with van der Waals surface area (Å²) in [5.74, 6) is 0.118. The Morgan fingerprint density at radius 1 is 0.311 bits per heavy atom. The van der Waals surface area contributed by atoms with Gasteiger partial charge in [0.2, 0.25) is 0 Å². The second-order valence-corrected chi connectivity index (χ2v) is 16.5. The van der Waals surface area contributed by atoms with Crippen LogP contribution in [0.25, 0.3) is 99.1 Å². The van der Waals surface area contributed by atoms with Crippen LogP contribution < -0.4 is 0 Å². The highest BCUT2D eigenvalue weighted by Gasteiger charge is 2.33. The maximum Gasteiger partial charge on any atom is 0.0588 e. The number of hydrogen-bond donors (Lipinski definition) is 0. The molecule has 0 radical (unpaired) electrons. The van der Waals surface area contributed by atoms with E-state index in [1.54, 1.807) is 0 Å².